The second-order valence-electron chi connectivity index (χ2n) is 3.74. The first-order valence-electron chi connectivity index (χ1n) is 5.75. The fourth-order valence-corrected chi connectivity index (χ4v) is 1.61. The SMILES string of the molecule is CCN(CC)C(=O)C(C)Nc1ccnc(F)c1. The Kier molecular flexibility index (Phi) is 4.87. The summed E-state index contributed by atoms with van der Waals surface area (Å²) in [4.78, 5) is 17.1. The molecule has 0 saturated heterocycles. The van der Waals surface area contributed by atoms with Gasteiger partial charge in [-0.25, -0.2) is 4.98 Å². The van der Waals surface area contributed by atoms with Crippen LogP contribution in [0.5, 0.6) is 0 Å². The number of rotatable bonds is 5. The van der Waals surface area contributed by atoms with Crippen molar-refractivity contribution < 1.29 is 9.18 Å². The van der Waals surface area contributed by atoms with Crippen LogP contribution in [0.2, 0.25) is 0 Å². The molecule has 1 unspecified atom stereocenters. The van der Waals surface area contributed by atoms with Crippen molar-refractivity contribution in [3.63, 3.8) is 0 Å². The van der Waals surface area contributed by atoms with Gasteiger partial charge in [-0.05, 0) is 26.8 Å². The molecule has 1 aromatic rings. The predicted octanol–water partition coefficient (Wildman–Crippen LogP) is 1.89. The number of amides is 1. The molecule has 1 N–H and O–H groups in total. The summed E-state index contributed by atoms with van der Waals surface area (Å²) >= 11 is 0. The Labute approximate surface area is 101 Å². The van der Waals surface area contributed by atoms with E-state index in [9.17, 15) is 9.18 Å². The maximum atomic E-state index is 12.9. The zero-order valence-electron chi connectivity index (χ0n) is 10.4. The Morgan fingerprint density at radius 1 is 1.53 bits per heavy atom. The van der Waals surface area contributed by atoms with E-state index in [-0.39, 0.29) is 11.9 Å². The lowest BCUT2D eigenvalue weighted by Gasteiger charge is -2.24. The fraction of sp³-hybridized carbons (Fsp3) is 0.500. The molecule has 4 nitrogen and oxygen atoms in total. The van der Waals surface area contributed by atoms with Gasteiger partial charge in [-0.3, -0.25) is 4.79 Å². The van der Waals surface area contributed by atoms with Gasteiger partial charge in [0.15, 0.2) is 0 Å². The van der Waals surface area contributed by atoms with Gasteiger partial charge >= 0.3 is 0 Å². The highest BCUT2D eigenvalue weighted by Gasteiger charge is 2.17. The van der Waals surface area contributed by atoms with E-state index >= 15 is 0 Å². The molecule has 5 heteroatoms. The molecule has 0 aliphatic heterocycles. The van der Waals surface area contributed by atoms with Crippen LogP contribution < -0.4 is 5.32 Å². The van der Waals surface area contributed by atoms with Gasteiger partial charge in [0.05, 0.1) is 0 Å². The third-order valence-electron chi connectivity index (χ3n) is 2.56. The molecule has 94 valence electrons. The molecular formula is C12H18FN3O. The molecule has 0 fully saturated rings. The predicted molar refractivity (Wildman–Crippen MR) is 65.2 cm³/mol. The van der Waals surface area contributed by atoms with Crippen LogP contribution in [0.4, 0.5) is 10.1 Å². The number of halogens is 1. The number of nitrogens with zero attached hydrogens (tertiary/aromatic N) is 2. The quantitative estimate of drug-likeness (QED) is 0.798. The maximum Gasteiger partial charge on any atom is 0.244 e. The van der Waals surface area contributed by atoms with Gasteiger partial charge in [0.1, 0.15) is 6.04 Å². The highest BCUT2D eigenvalue weighted by molar-refractivity contribution is 5.84. The average molecular weight is 239 g/mol. The van der Waals surface area contributed by atoms with Crippen LogP contribution in [0, 0.1) is 5.95 Å². The van der Waals surface area contributed by atoms with Crippen molar-refractivity contribution in [3.8, 4) is 0 Å². The van der Waals surface area contributed by atoms with Crippen molar-refractivity contribution >= 4 is 11.6 Å². The first kappa shape index (κ1) is 13.4. The number of aromatic nitrogens is 1. The average Bonchev–Trinajstić information content (AvgIpc) is 2.30. The van der Waals surface area contributed by atoms with E-state index in [1.807, 2.05) is 13.8 Å². The third-order valence-corrected chi connectivity index (χ3v) is 2.56. The van der Waals surface area contributed by atoms with Crippen molar-refractivity contribution in [2.75, 3.05) is 18.4 Å². The molecule has 17 heavy (non-hydrogen) atoms. The second-order valence-corrected chi connectivity index (χ2v) is 3.74. The van der Waals surface area contributed by atoms with E-state index in [2.05, 4.69) is 10.3 Å². The van der Waals surface area contributed by atoms with E-state index in [0.29, 0.717) is 18.8 Å². The molecular weight excluding hydrogens is 221 g/mol. The standard InChI is InChI=1S/C12H18FN3O/c1-4-16(5-2)12(17)9(3)15-10-6-7-14-11(13)8-10/h6-9H,4-5H2,1-3H3,(H,14,15). The highest BCUT2D eigenvalue weighted by Crippen LogP contribution is 2.09. The number of anilines is 1. The van der Waals surface area contributed by atoms with Gasteiger partial charge in [0.25, 0.3) is 0 Å². The van der Waals surface area contributed by atoms with Gasteiger partial charge in [-0.15, -0.1) is 0 Å². The Balaban J connectivity index is 2.65. The summed E-state index contributed by atoms with van der Waals surface area (Å²) in [5.41, 5.74) is 0.561. The zero-order valence-corrected chi connectivity index (χ0v) is 10.4. The number of carbonyl (C=O) groups is 1. The summed E-state index contributed by atoms with van der Waals surface area (Å²) < 4.78 is 12.9. The Morgan fingerprint density at radius 2 is 2.18 bits per heavy atom. The number of likely N-dealkylation sites (N-methyl/N-ethyl adjacent to an activating group) is 1. The van der Waals surface area contributed by atoms with Crippen molar-refractivity contribution in [1.82, 2.24) is 9.88 Å². The number of pyridine rings is 1. The lowest BCUT2D eigenvalue weighted by molar-refractivity contribution is -0.131. The largest absolute Gasteiger partial charge is 0.374 e. The van der Waals surface area contributed by atoms with Crippen LogP contribution in [0.1, 0.15) is 20.8 Å². The monoisotopic (exact) mass is 239 g/mol. The van der Waals surface area contributed by atoms with Gasteiger partial charge in [0, 0.05) is 31.0 Å². The summed E-state index contributed by atoms with van der Waals surface area (Å²) in [6.45, 7) is 6.97. The smallest absolute Gasteiger partial charge is 0.244 e. The maximum absolute atomic E-state index is 12.9. The summed E-state index contributed by atoms with van der Waals surface area (Å²) in [6.07, 6.45) is 1.37. The van der Waals surface area contributed by atoms with Gasteiger partial charge < -0.3 is 10.2 Å². The van der Waals surface area contributed by atoms with Crippen molar-refractivity contribution in [1.29, 1.82) is 0 Å². The molecule has 1 aromatic heterocycles. The minimum absolute atomic E-state index is 0.00669. The van der Waals surface area contributed by atoms with Crippen LogP contribution in [0.3, 0.4) is 0 Å². The lowest BCUT2D eigenvalue weighted by Crippen LogP contribution is -2.41. The van der Waals surface area contributed by atoms with Crippen LogP contribution in [0.25, 0.3) is 0 Å². The van der Waals surface area contributed by atoms with Crippen molar-refractivity contribution in [2.45, 2.75) is 26.8 Å². The number of hydrogen-bond acceptors (Lipinski definition) is 3. The number of carbonyl (C=O) groups excluding carboxylic acids is 1. The van der Waals surface area contributed by atoms with E-state index < -0.39 is 5.95 Å². The molecule has 1 heterocycles. The molecule has 0 aliphatic carbocycles. The van der Waals surface area contributed by atoms with E-state index in [1.165, 1.54) is 12.3 Å². The summed E-state index contributed by atoms with van der Waals surface area (Å²) in [5.74, 6) is -0.551. The molecule has 0 saturated carbocycles. The zero-order chi connectivity index (χ0) is 12.8. The van der Waals surface area contributed by atoms with Crippen LogP contribution in [-0.2, 0) is 4.79 Å². The summed E-state index contributed by atoms with van der Waals surface area (Å²) in [6, 6.07) is 2.53. The van der Waals surface area contributed by atoms with E-state index in [0.717, 1.165) is 0 Å². The molecule has 0 radical (unpaired) electrons. The van der Waals surface area contributed by atoms with E-state index in [1.54, 1.807) is 17.9 Å². The van der Waals surface area contributed by atoms with Crippen LogP contribution >= 0.6 is 0 Å². The minimum atomic E-state index is -0.558. The number of hydrogen-bond donors (Lipinski definition) is 1. The molecule has 0 aromatic carbocycles. The normalized spacial score (nSPS) is 12.0. The molecule has 1 atom stereocenters. The van der Waals surface area contributed by atoms with Crippen LogP contribution in [-0.4, -0.2) is 34.9 Å². The highest BCUT2D eigenvalue weighted by atomic mass is 19.1. The van der Waals surface area contributed by atoms with E-state index in [4.69, 9.17) is 0 Å². The third kappa shape index (κ3) is 3.69. The van der Waals surface area contributed by atoms with Crippen LogP contribution in [0.15, 0.2) is 18.3 Å². The van der Waals surface area contributed by atoms with Crippen molar-refractivity contribution in [2.24, 2.45) is 0 Å². The van der Waals surface area contributed by atoms with Crippen molar-refractivity contribution in [3.05, 3.63) is 24.3 Å². The molecule has 1 amide bonds. The number of nitrogens with one attached hydrogen (secondary N) is 1. The molecule has 1 rings (SSSR count). The Hall–Kier alpha value is -1.65. The summed E-state index contributed by atoms with van der Waals surface area (Å²) in [5, 5.41) is 2.96. The van der Waals surface area contributed by atoms with Gasteiger partial charge in [-0.2, -0.15) is 4.39 Å². The Bertz CT molecular complexity index is 380. The van der Waals surface area contributed by atoms with Gasteiger partial charge in [-0.1, -0.05) is 0 Å². The fourth-order valence-electron chi connectivity index (χ4n) is 1.61. The van der Waals surface area contributed by atoms with Gasteiger partial charge in [0.2, 0.25) is 11.9 Å². The lowest BCUT2D eigenvalue weighted by atomic mass is 10.2. The topological polar surface area (TPSA) is 45.2 Å². The first-order chi connectivity index (χ1) is 8.08. The molecule has 0 bridgehead atoms. The minimum Gasteiger partial charge on any atom is -0.374 e. The summed E-state index contributed by atoms with van der Waals surface area (Å²) in [7, 11) is 0. The second kappa shape index (κ2) is 6.18. The Morgan fingerprint density at radius 3 is 2.71 bits per heavy atom. The molecule has 0 spiro atoms. The first-order valence-corrected chi connectivity index (χ1v) is 5.75. The molecule has 0 aliphatic rings.